The molecular weight excluding hydrogens is 376 g/mol. The van der Waals surface area contributed by atoms with Gasteiger partial charge in [0.05, 0.1) is 16.6 Å². The highest BCUT2D eigenvalue weighted by atomic mass is 32.2. The van der Waals surface area contributed by atoms with Crippen molar-refractivity contribution >= 4 is 40.6 Å². The molecule has 3 rings (SSSR count). The molecule has 0 saturated carbocycles. The molecule has 28 heavy (non-hydrogen) atoms. The third kappa shape index (κ3) is 4.80. The first-order chi connectivity index (χ1) is 13.5. The fourth-order valence-electron chi connectivity index (χ4n) is 2.55. The van der Waals surface area contributed by atoms with Gasteiger partial charge in [0.1, 0.15) is 12.4 Å². The van der Waals surface area contributed by atoms with E-state index in [1.165, 1.54) is 11.8 Å². The van der Waals surface area contributed by atoms with Crippen molar-refractivity contribution in [3.8, 4) is 5.75 Å². The molecule has 0 radical (unpaired) electrons. The number of amides is 1. The second kappa shape index (κ2) is 8.75. The fraction of sp³-hybridized carbons (Fsp3) is 0.190. The number of aryl methyl sites for hydroxylation is 1. The van der Waals surface area contributed by atoms with Gasteiger partial charge in [0.25, 0.3) is 5.91 Å². The van der Waals surface area contributed by atoms with Crippen molar-refractivity contribution < 1.29 is 19.4 Å². The summed E-state index contributed by atoms with van der Waals surface area (Å²) in [7, 11) is 0. The molecule has 0 aromatic heterocycles. The fourth-order valence-corrected chi connectivity index (χ4v) is 3.62. The molecule has 2 aromatic carbocycles. The van der Waals surface area contributed by atoms with E-state index in [1.54, 1.807) is 35.2 Å². The normalized spacial score (nSPS) is 16.8. The summed E-state index contributed by atoms with van der Waals surface area (Å²) >= 11 is 1.33. The van der Waals surface area contributed by atoms with E-state index in [9.17, 15) is 14.7 Å². The number of carboxylic acid groups (broad SMARTS) is 1. The number of hydrogen-bond donors (Lipinski definition) is 0. The minimum absolute atomic E-state index is 0.0874. The van der Waals surface area contributed by atoms with Gasteiger partial charge in [-0.15, -0.1) is 0 Å². The van der Waals surface area contributed by atoms with Gasteiger partial charge in [0, 0.05) is 6.54 Å². The van der Waals surface area contributed by atoms with Crippen molar-refractivity contribution in [2.24, 2.45) is 4.99 Å². The van der Waals surface area contributed by atoms with Crippen LogP contribution in [0.3, 0.4) is 0 Å². The van der Waals surface area contributed by atoms with Gasteiger partial charge >= 0.3 is 0 Å². The molecule has 1 fully saturated rings. The lowest BCUT2D eigenvalue weighted by atomic mass is 10.2. The highest BCUT2D eigenvalue weighted by Crippen LogP contribution is 2.34. The van der Waals surface area contributed by atoms with Crippen molar-refractivity contribution in [3.05, 3.63) is 64.6 Å². The van der Waals surface area contributed by atoms with Gasteiger partial charge in [-0.25, -0.2) is 4.99 Å². The summed E-state index contributed by atoms with van der Waals surface area (Å²) in [4.78, 5) is 30.0. The molecule has 1 saturated heterocycles. The van der Waals surface area contributed by atoms with Crippen molar-refractivity contribution in [3.63, 3.8) is 0 Å². The Morgan fingerprint density at radius 1 is 1.18 bits per heavy atom. The molecule has 0 N–H and O–H groups in total. The van der Waals surface area contributed by atoms with Gasteiger partial charge in [-0.2, -0.15) is 0 Å². The Morgan fingerprint density at radius 3 is 2.46 bits per heavy atom. The van der Waals surface area contributed by atoms with Crippen LogP contribution in [-0.2, 0) is 9.59 Å². The summed E-state index contributed by atoms with van der Waals surface area (Å²) in [6.07, 6.45) is 1.79. The molecule has 6 nitrogen and oxygen atoms in total. The number of likely N-dealkylation sites (N-methyl/N-ethyl adjacent to an activating group) is 1. The molecular formula is C21H19N2O4S-. The van der Waals surface area contributed by atoms with Crippen LogP contribution in [0.1, 0.15) is 18.1 Å². The van der Waals surface area contributed by atoms with Crippen LogP contribution in [0.2, 0.25) is 0 Å². The first-order valence-electron chi connectivity index (χ1n) is 8.75. The first kappa shape index (κ1) is 19.7. The summed E-state index contributed by atoms with van der Waals surface area (Å²) in [5.74, 6) is -0.941. The molecule has 1 heterocycles. The highest BCUT2D eigenvalue weighted by molar-refractivity contribution is 8.18. The average molecular weight is 395 g/mol. The van der Waals surface area contributed by atoms with Gasteiger partial charge in [-0.1, -0.05) is 29.8 Å². The lowest BCUT2D eigenvalue weighted by Gasteiger charge is -2.12. The first-order valence-corrected chi connectivity index (χ1v) is 9.57. The zero-order valence-electron chi connectivity index (χ0n) is 15.5. The number of nitrogens with zero attached hydrogens (tertiary/aromatic N) is 2. The molecule has 0 atom stereocenters. The second-order valence-corrected chi connectivity index (χ2v) is 7.13. The maximum Gasteiger partial charge on any atom is 0.266 e. The molecule has 1 aliphatic heterocycles. The van der Waals surface area contributed by atoms with Crippen molar-refractivity contribution in [1.29, 1.82) is 0 Å². The molecule has 1 aliphatic rings. The summed E-state index contributed by atoms with van der Waals surface area (Å²) in [6, 6.07) is 14.6. The van der Waals surface area contributed by atoms with E-state index in [4.69, 9.17) is 4.74 Å². The van der Waals surface area contributed by atoms with Crippen LogP contribution in [0.25, 0.3) is 6.08 Å². The van der Waals surface area contributed by atoms with Gasteiger partial charge in [0.2, 0.25) is 0 Å². The van der Waals surface area contributed by atoms with Gasteiger partial charge < -0.3 is 14.6 Å². The van der Waals surface area contributed by atoms with Crippen molar-refractivity contribution in [1.82, 2.24) is 4.90 Å². The largest absolute Gasteiger partial charge is 0.546 e. The monoisotopic (exact) mass is 395 g/mol. The van der Waals surface area contributed by atoms with Crippen LogP contribution in [0.5, 0.6) is 5.75 Å². The Hall–Kier alpha value is -3.06. The lowest BCUT2D eigenvalue weighted by molar-refractivity contribution is -0.307. The SMILES string of the molecule is CCN1C(=O)/C(=C\c2ccc(OCC(=O)[O-])cc2)SC1=Nc1ccc(C)cc1. The van der Waals surface area contributed by atoms with E-state index in [-0.39, 0.29) is 5.91 Å². The van der Waals surface area contributed by atoms with Crippen LogP contribution in [0, 0.1) is 6.92 Å². The predicted octanol–water partition coefficient (Wildman–Crippen LogP) is 2.75. The van der Waals surface area contributed by atoms with Crippen LogP contribution < -0.4 is 9.84 Å². The van der Waals surface area contributed by atoms with E-state index < -0.39 is 12.6 Å². The Morgan fingerprint density at radius 2 is 1.86 bits per heavy atom. The zero-order valence-corrected chi connectivity index (χ0v) is 16.4. The number of carboxylic acids is 1. The molecule has 1 amide bonds. The van der Waals surface area contributed by atoms with E-state index in [0.29, 0.717) is 22.4 Å². The van der Waals surface area contributed by atoms with Crippen LogP contribution >= 0.6 is 11.8 Å². The second-order valence-electron chi connectivity index (χ2n) is 6.12. The van der Waals surface area contributed by atoms with Crippen LogP contribution in [-0.4, -0.2) is 35.1 Å². The maximum atomic E-state index is 12.7. The molecule has 0 bridgehead atoms. The Labute approximate surface area is 167 Å². The molecule has 7 heteroatoms. The summed E-state index contributed by atoms with van der Waals surface area (Å²) in [6.45, 7) is 3.96. The number of carbonyl (C=O) groups is 2. The Kier molecular flexibility index (Phi) is 6.16. The summed E-state index contributed by atoms with van der Waals surface area (Å²) in [5, 5.41) is 11.1. The predicted molar refractivity (Wildman–Crippen MR) is 108 cm³/mol. The van der Waals surface area contributed by atoms with Gasteiger partial charge in [-0.05, 0) is 61.5 Å². The van der Waals surface area contributed by atoms with Gasteiger partial charge in [0.15, 0.2) is 5.17 Å². The Balaban J connectivity index is 1.79. The number of ether oxygens (including phenoxy) is 1. The van der Waals surface area contributed by atoms with Crippen molar-refractivity contribution in [2.45, 2.75) is 13.8 Å². The zero-order chi connectivity index (χ0) is 20.1. The van der Waals surface area contributed by atoms with E-state index in [2.05, 4.69) is 4.99 Å². The topological polar surface area (TPSA) is 82.0 Å². The number of aliphatic imine (C=N–C) groups is 1. The van der Waals surface area contributed by atoms with E-state index in [0.717, 1.165) is 16.8 Å². The van der Waals surface area contributed by atoms with Gasteiger partial charge in [-0.3, -0.25) is 9.69 Å². The number of thioether (sulfide) groups is 1. The number of hydrogen-bond acceptors (Lipinski definition) is 6. The maximum absolute atomic E-state index is 12.7. The quantitative estimate of drug-likeness (QED) is 0.703. The standard InChI is InChI=1S/C21H20N2O4S/c1-3-23-20(26)18(28-21(23)22-16-8-4-14(2)5-9-16)12-15-6-10-17(11-7-15)27-13-19(24)25/h4-12H,3,13H2,1-2H3,(H,24,25)/p-1/b18-12+,22-21?. The number of benzene rings is 2. The highest BCUT2D eigenvalue weighted by Gasteiger charge is 2.32. The third-order valence-electron chi connectivity index (χ3n) is 4.00. The number of amidine groups is 1. The molecule has 0 spiro atoms. The molecule has 0 aliphatic carbocycles. The number of carbonyl (C=O) groups excluding carboxylic acids is 2. The molecule has 2 aromatic rings. The molecule has 144 valence electrons. The van der Waals surface area contributed by atoms with Crippen LogP contribution in [0.15, 0.2) is 58.4 Å². The van der Waals surface area contributed by atoms with E-state index in [1.807, 2.05) is 38.1 Å². The summed E-state index contributed by atoms with van der Waals surface area (Å²) < 4.78 is 5.06. The molecule has 0 unspecified atom stereocenters. The number of rotatable bonds is 6. The summed E-state index contributed by atoms with van der Waals surface area (Å²) in [5.41, 5.74) is 2.76. The van der Waals surface area contributed by atoms with Crippen molar-refractivity contribution in [2.75, 3.05) is 13.2 Å². The minimum Gasteiger partial charge on any atom is -0.546 e. The average Bonchev–Trinajstić information content (AvgIpc) is 2.97. The number of aliphatic carboxylic acids is 1. The lowest BCUT2D eigenvalue weighted by Crippen LogP contribution is -2.28. The minimum atomic E-state index is -1.28. The van der Waals surface area contributed by atoms with E-state index >= 15 is 0 Å². The third-order valence-corrected chi connectivity index (χ3v) is 5.00. The smallest absolute Gasteiger partial charge is 0.266 e. The van der Waals surface area contributed by atoms with Crippen LogP contribution in [0.4, 0.5) is 5.69 Å². The Bertz CT molecular complexity index is 934.